The molecule has 0 radical (unpaired) electrons. The molecule has 1 aliphatic carbocycles. The van der Waals surface area contributed by atoms with Gasteiger partial charge in [0.25, 0.3) is 0 Å². The summed E-state index contributed by atoms with van der Waals surface area (Å²) in [4.78, 5) is 14.6. The van der Waals surface area contributed by atoms with Gasteiger partial charge < -0.3 is 10.6 Å². The van der Waals surface area contributed by atoms with Crippen LogP contribution in [0.4, 0.5) is 0 Å². The van der Waals surface area contributed by atoms with Gasteiger partial charge in [-0.25, -0.2) is 0 Å². The molecular weight excluding hydrogens is 276 g/mol. The van der Waals surface area contributed by atoms with E-state index in [1.54, 1.807) is 0 Å². The van der Waals surface area contributed by atoms with E-state index in [9.17, 15) is 4.79 Å². The molecule has 2 fully saturated rings. The molecule has 1 unspecified atom stereocenters. The van der Waals surface area contributed by atoms with Crippen molar-refractivity contribution in [2.75, 3.05) is 13.1 Å². The Labute approximate surface area is 132 Å². The maximum Gasteiger partial charge on any atom is 0.228 e. The molecule has 1 aromatic heterocycles. The number of carbonyl (C=O) groups is 1. The molecule has 5 nitrogen and oxygen atoms in total. The minimum Gasteiger partial charge on any atom is -0.342 e. The van der Waals surface area contributed by atoms with Crippen molar-refractivity contribution in [2.45, 2.75) is 64.5 Å². The van der Waals surface area contributed by atoms with E-state index in [4.69, 9.17) is 5.73 Å². The van der Waals surface area contributed by atoms with Crippen molar-refractivity contribution in [2.24, 2.45) is 11.1 Å². The summed E-state index contributed by atoms with van der Waals surface area (Å²) in [5, 5.41) is 4.49. The van der Waals surface area contributed by atoms with Crippen molar-refractivity contribution >= 4 is 5.91 Å². The Morgan fingerprint density at radius 2 is 2.14 bits per heavy atom. The van der Waals surface area contributed by atoms with Crippen molar-refractivity contribution in [3.05, 3.63) is 18.0 Å². The number of rotatable bonds is 4. The van der Waals surface area contributed by atoms with Crippen LogP contribution in [0, 0.1) is 5.41 Å². The molecule has 0 bridgehead atoms. The molecule has 1 atom stereocenters. The quantitative estimate of drug-likeness (QED) is 0.930. The predicted molar refractivity (Wildman–Crippen MR) is 86.3 cm³/mol. The van der Waals surface area contributed by atoms with Gasteiger partial charge in [0.2, 0.25) is 5.91 Å². The molecule has 3 rings (SSSR count). The van der Waals surface area contributed by atoms with Gasteiger partial charge in [0.1, 0.15) is 0 Å². The molecule has 1 saturated carbocycles. The zero-order chi connectivity index (χ0) is 15.7. The van der Waals surface area contributed by atoms with E-state index in [-0.39, 0.29) is 11.5 Å². The summed E-state index contributed by atoms with van der Waals surface area (Å²) in [6.45, 7) is 5.92. The highest BCUT2D eigenvalue weighted by atomic mass is 16.2. The number of hydrogen-bond donors (Lipinski definition) is 1. The van der Waals surface area contributed by atoms with Crippen molar-refractivity contribution in [3.8, 4) is 0 Å². The molecule has 1 aliphatic heterocycles. The van der Waals surface area contributed by atoms with Crippen LogP contribution in [0.1, 0.15) is 70.0 Å². The maximum absolute atomic E-state index is 12.6. The Kier molecular flexibility index (Phi) is 4.26. The van der Waals surface area contributed by atoms with Crippen LogP contribution in [-0.2, 0) is 4.79 Å². The van der Waals surface area contributed by atoms with Gasteiger partial charge in [-0.1, -0.05) is 20.3 Å². The van der Waals surface area contributed by atoms with Gasteiger partial charge in [0.05, 0.1) is 12.2 Å². The first-order valence-electron chi connectivity index (χ1n) is 8.62. The molecule has 122 valence electrons. The van der Waals surface area contributed by atoms with Gasteiger partial charge in [-0.05, 0) is 32.1 Å². The second-order valence-corrected chi connectivity index (χ2v) is 7.21. The van der Waals surface area contributed by atoms with Crippen molar-refractivity contribution in [1.29, 1.82) is 0 Å². The lowest BCUT2D eigenvalue weighted by Crippen LogP contribution is -2.49. The molecule has 0 spiro atoms. The summed E-state index contributed by atoms with van der Waals surface area (Å²) < 4.78 is 2.05. The number of nitrogens with zero attached hydrogens (tertiary/aromatic N) is 3. The highest BCUT2D eigenvalue weighted by Gasteiger charge is 2.42. The Morgan fingerprint density at radius 1 is 1.45 bits per heavy atom. The fraction of sp³-hybridized carbons (Fsp3) is 0.765. The molecule has 1 amide bonds. The maximum atomic E-state index is 12.6. The molecule has 2 aliphatic rings. The van der Waals surface area contributed by atoms with Crippen LogP contribution in [0.2, 0.25) is 0 Å². The minimum atomic E-state index is -0.0698. The van der Waals surface area contributed by atoms with Crippen LogP contribution in [0.5, 0.6) is 0 Å². The predicted octanol–water partition coefficient (Wildman–Crippen LogP) is 2.65. The lowest BCUT2D eigenvalue weighted by molar-refractivity contribution is -0.147. The third-order valence-corrected chi connectivity index (χ3v) is 5.59. The zero-order valence-corrected chi connectivity index (χ0v) is 13.8. The Bertz CT molecular complexity index is 527. The summed E-state index contributed by atoms with van der Waals surface area (Å²) in [6.07, 6.45) is 10.2. The average Bonchev–Trinajstić information content (AvgIpc) is 3.01. The van der Waals surface area contributed by atoms with Crippen LogP contribution in [0.3, 0.4) is 0 Å². The Balaban J connectivity index is 1.57. The zero-order valence-electron chi connectivity index (χ0n) is 13.8. The second kappa shape index (κ2) is 6.03. The fourth-order valence-electron chi connectivity index (χ4n) is 3.62. The largest absolute Gasteiger partial charge is 0.342 e. The first-order chi connectivity index (χ1) is 10.5. The standard InChI is InChI=1S/C17H28N4O/c1-3-15(18)13-11-19-21(12-13)14-5-9-20(10-6-14)16(22)17(2)7-4-8-17/h11-12,14-15H,3-10,18H2,1-2H3. The molecular formula is C17H28N4O. The van der Waals surface area contributed by atoms with Crippen LogP contribution >= 0.6 is 0 Å². The van der Waals surface area contributed by atoms with Crippen LogP contribution in [0.25, 0.3) is 0 Å². The number of nitrogens with two attached hydrogens (primary N) is 1. The van der Waals surface area contributed by atoms with E-state index in [1.165, 1.54) is 6.42 Å². The number of piperidine rings is 1. The third-order valence-electron chi connectivity index (χ3n) is 5.59. The molecule has 1 aromatic rings. The van der Waals surface area contributed by atoms with E-state index in [0.29, 0.717) is 11.9 Å². The van der Waals surface area contributed by atoms with Crippen molar-refractivity contribution in [3.63, 3.8) is 0 Å². The van der Waals surface area contributed by atoms with Crippen molar-refractivity contribution in [1.82, 2.24) is 14.7 Å². The summed E-state index contributed by atoms with van der Waals surface area (Å²) in [7, 11) is 0. The van der Waals surface area contributed by atoms with E-state index in [0.717, 1.165) is 50.8 Å². The monoisotopic (exact) mass is 304 g/mol. The van der Waals surface area contributed by atoms with Crippen molar-refractivity contribution < 1.29 is 4.79 Å². The first kappa shape index (κ1) is 15.5. The number of aromatic nitrogens is 2. The van der Waals surface area contributed by atoms with Crippen LogP contribution in [-0.4, -0.2) is 33.7 Å². The molecule has 0 aromatic carbocycles. The van der Waals surface area contributed by atoms with E-state index in [2.05, 4.69) is 34.7 Å². The first-order valence-corrected chi connectivity index (χ1v) is 8.62. The topological polar surface area (TPSA) is 64.2 Å². The number of amides is 1. The molecule has 2 N–H and O–H groups in total. The van der Waals surface area contributed by atoms with Gasteiger partial charge in [-0.3, -0.25) is 9.48 Å². The third kappa shape index (κ3) is 2.78. The molecule has 5 heteroatoms. The highest BCUT2D eigenvalue weighted by molar-refractivity contribution is 5.83. The van der Waals surface area contributed by atoms with Crippen LogP contribution in [0.15, 0.2) is 12.4 Å². The fourth-order valence-corrected chi connectivity index (χ4v) is 3.62. The summed E-state index contributed by atoms with van der Waals surface area (Å²) in [6, 6.07) is 0.477. The molecule has 22 heavy (non-hydrogen) atoms. The number of carbonyl (C=O) groups excluding carboxylic acids is 1. The minimum absolute atomic E-state index is 0.0698. The Morgan fingerprint density at radius 3 is 2.68 bits per heavy atom. The van der Waals surface area contributed by atoms with Crippen LogP contribution < -0.4 is 5.73 Å². The lowest BCUT2D eigenvalue weighted by Gasteiger charge is -2.43. The molecule has 1 saturated heterocycles. The molecule has 2 heterocycles. The Hall–Kier alpha value is -1.36. The summed E-state index contributed by atoms with van der Waals surface area (Å²) in [5.41, 5.74) is 7.11. The van der Waals surface area contributed by atoms with Gasteiger partial charge in [0, 0.05) is 36.3 Å². The van der Waals surface area contributed by atoms with Gasteiger partial charge in [0.15, 0.2) is 0 Å². The normalized spacial score (nSPS) is 23.1. The number of likely N-dealkylation sites (tertiary alicyclic amines) is 1. The van der Waals surface area contributed by atoms with Gasteiger partial charge in [-0.15, -0.1) is 0 Å². The smallest absolute Gasteiger partial charge is 0.228 e. The second-order valence-electron chi connectivity index (χ2n) is 7.21. The lowest BCUT2D eigenvalue weighted by atomic mass is 9.69. The van der Waals surface area contributed by atoms with E-state index >= 15 is 0 Å². The SMILES string of the molecule is CCC(N)c1cnn(C2CCN(C(=O)C3(C)CCC3)CC2)c1. The summed E-state index contributed by atoms with van der Waals surface area (Å²) >= 11 is 0. The number of hydrogen-bond acceptors (Lipinski definition) is 3. The summed E-state index contributed by atoms with van der Waals surface area (Å²) in [5.74, 6) is 0.367. The highest BCUT2D eigenvalue weighted by Crippen LogP contribution is 2.42. The van der Waals surface area contributed by atoms with E-state index in [1.807, 2.05) is 6.20 Å². The van der Waals surface area contributed by atoms with E-state index < -0.39 is 0 Å². The van der Waals surface area contributed by atoms with Gasteiger partial charge in [-0.2, -0.15) is 5.10 Å². The van der Waals surface area contributed by atoms with Gasteiger partial charge >= 0.3 is 0 Å². The average molecular weight is 304 g/mol.